The summed E-state index contributed by atoms with van der Waals surface area (Å²) in [6.45, 7) is 0.805. The van der Waals surface area contributed by atoms with Crippen molar-refractivity contribution in [1.82, 2.24) is 9.88 Å². The lowest BCUT2D eigenvalue weighted by Crippen LogP contribution is -2.33. The van der Waals surface area contributed by atoms with Crippen LogP contribution in [0.15, 0.2) is 24.5 Å². The molecule has 29 heavy (non-hydrogen) atoms. The first kappa shape index (κ1) is 25.5. The second kappa shape index (κ2) is 13.6. The van der Waals surface area contributed by atoms with Crippen LogP contribution in [0, 0.1) is 5.92 Å². The van der Waals surface area contributed by atoms with Gasteiger partial charge < -0.3 is 25.3 Å². The van der Waals surface area contributed by atoms with E-state index in [2.05, 4.69) is 4.98 Å². The van der Waals surface area contributed by atoms with Crippen molar-refractivity contribution in [1.29, 1.82) is 0 Å². The highest BCUT2D eigenvalue weighted by Crippen LogP contribution is 2.26. The van der Waals surface area contributed by atoms with Gasteiger partial charge in [-0.25, -0.2) is 19.2 Å². The van der Waals surface area contributed by atoms with Gasteiger partial charge in [0, 0.05) is 31.9 Å². The summed E-state index contributed by atoms with van der Waals surface area (Å²) in [6.07, 6.45) is 9.11. The number of amides is 1. The lowest BCUT2D eigenvalue weighted by atomic mass is 10.1. The number of carbonyl (C=O) groups is 5. The van der Waals surface area contributed by atoms with Gasteiger partial charge in [0.05, 0.1) is 0 Å². The Labute approximate surface area is 166 Å². The van der Waals surface area contributed by atoms with E-state index in [1.54, 1.807) is 12.4 Å². The summed E-state index contributed by atoms with van der Waals surface area (Å²) in [5, 5.41) is 29.6. The predicted molar refractivity (Wildman–Crippen MR) is 98.1 cm³/mol. The Kier molecular flexibility index (Phi) is 12.0. The van der Waals surface area contributed by atoms with Gasteiger partial charge in [0.1, 0.15) is 0 Å². The molecule has 1 aromatic heterocycles. The third-order valence-corrected chi connectivity index (χ3v) is 3.93. The number of nitrogens with zero attached hydrogens (tertiary/aromatic N) is 2. The molecule has 1 aliphatic carbocycles. The number of aliphatic carboxylic acids is 4. The Morgan fingerprint density at radius 1 is 0.897 bits per heavy atom. The fourth-order valence-corrected chi connectivity index (χ4v) is 2.44. The van der Waals surface area contributed by atoms with Crippen LogP contribution in [-0.4, -0.2) is 73.7 Å². The number of carbonyl (C=O) groups excluding carboxylic acids is 1. The maximum absolute atomic E-state index is 12.1. The quantitative estimate of drug-likeness (QED) is 0.510. The van der Waals surface area contributed by atoms with Crippen molar-refractivity contribution in [2.45, 2.75) is 32.1 Å². The Bertz CT molecular complexity index is 653. The van der Waals surface area contributed by atoms with E-state index in [1.165, 1.54) is 18.4 Å². The molecule has 11 nitrogen and oxygen atoms in total. The van der Waals surface area contributed by atoms with Crippen LogP contribution >= 0.6 is 0 Å². The predicted octanol–water partition coefficient (Wildman–Crippen LogP) is 0.584. The number of rotatable bonds is 4. The molecular weight excluding hydrogens is 388 g/mol. The van der Waals surface area contributed by atoms with Crippen LogP contribution in [0.1, 0.15) is 31.2 Å². The van der Waals surface area contributed by atoms with Gasteiger partial charge in [0.2, 0.25) is 5.91 Å². The van der Waals surface area contributed by atoms with Crippen LogP contribution in [0.4, 0.5) is 0 Å². The first-order valence-electron chi connectivity index (χ1n) is 8.62. The smallest absolute Gasteiger partial charge is 0.414 e. The largest absolute Gasteiger partial charge is 0.473 e. The van der Waals surface area contributed by atoms with Gasteiger partial charge >= 0.3 is 23.9 Å². The van der Waals surface area contributed by atoms with Gasteiger partial charge in [-0.05, 0) is 37.0 Å². The van der Waals surface area contributed by atoms with Gasteiger partial charge in [-0.3, -0.25) is 9.78 Å². The molecule has 11 heteroatoms. The summed E-state index contributed by atoms with van der Waals surface area (Å²) >= 11 is 0. The molecule has 1 aliphatic rings. The van der Waals surface area contributed by atoms with Crippen LogP contribution < -0.4 is 0 Å². The molecule has 160 valence electrons. The fourth-order valence-electron chi connectivity index (χ4n) is 2.44. The molecule has 0 saturated heterocycles. The fraction of sp³-hybridized carbons (Fsp3) is 0.444. The van der Waals surface area contributed by atoms with E-state index in [0.717, 1.165) is 25.8 Å². The van der Waals surface area contributed by atoms with E-state index in [9.17, 15) is 4.79 Å². The second-order valence-corrected chi connectivity index (χ2v) is 6.07. The standard InChI is InChI=1S/C14H20N2O.2C2H2O4/c1-16(14(17)13-4-2-3-5-13)11-8-12-6-9-15-10-7-12;2*3-1(4)2(5)6/h6-7,9-10,13H,2-5,8,11H2,1H3;2*(H,3,4)(H,5,6). The van der Waals surface area contributed by atoms with Crippen molar-refractivity contribution in [3.05, 3.63) is 30.1 Å². The molecule has 0 radical (unpaired) electrons. The van der Waals surface area contributed by atoms with Crippen LogP contribution in [0.5, 0.6) is 0 Å². The van der Waals surface area contributed by atoms with E-state index in [0.29, 0.717) is 5.91 Å². The first-order valence-corrected chi connectivity index (χ1v) is 8.62. The minimum atomic E-state index is -1.82. The summed E-state index contributed by atoms with van der Waals surface area (Å²) in [6, 6.07) is 4.02. The highest BCUT2D eigenvalue weighted by Gasteiger charge is 2.25. The van der Waals surface area contributed by atoms with Gasteiger partial charge in [0.15, 0.2) is 0 Å². The van der Waals surface area contributed by atoms with E-state index in [1.807, 2.05) is 24.1 Å². The molecule has 2 rings (SSSR count). The van der Waals surface area contributed by atoms with Crippen LogP contribution in [0.3, 0.4) is 0 Å². The first-order chi connectivity index (χ1) is 13.6. The third kappa shape index (κ3) is 11.7. The summed E-state index contributed by atoms with van der Waals surface area (Å²) < 4.78 is 0. The number of pyridine rings is 1. The number of carboxylic acids is 4. The van der Waals surface area contributed by atoms with Gasteiger partial charge in [0.25, 0.3) is 0 Å². The molecule has 0 unspecified atom stereocenters. The molecule has 0 atom stereocenters. The van der Waals surface area contributed by atoms with E-state index in [4.69, 9.17) is 39.6 Å². The number of carboxylic acid groups (broad SMARTS) is 4. The Hall–Kier alpha value is -3.50. The maximum Gasteiger partial charge on any atom is 0.414 e. The third-order valence-electron chi connectivity index (χ3n) is 3.93. The summed E-state index contributed by atoms with van der Waals surface area (Å²) in [5.74, 6) is -6.68. The number of aromatic nitrogens is 1. The normalized spacial score (nSPS) is 12.4. The molecule has 1 saturated carbocycles. The number of hydrogen-bond donors (Lipinski definition) is 4. The van der Waals surface area contributed by atoms with Gasteiger partial charge in [-0.15, -0.1) is 0 Å². The van der Waals surface area contributed by atoms with Crippen molar-refractivity contribution in [2.24, 2.45) is 5.92 Å². The molecule has 0 bridgehead atoms. The average molecular weight is 412 g/mol. The monoisotopic (exact) mass is 412 g/mol. The van der Waals surface area contributed by atoms with E-state index in [-0.39, 0.29) is 5.92 Å². The van der Waals surface area contributed by atoms with Gasteiger partial charge in [-0.2, -0.15) is 0 Å². The molecule has 1 amide bonds. The zero-order chi connectivity index (χ0) is 22.4. The van der Waals surface area contributed by atoms with E-state index < -0.39 is 23.9 Å². The maximum atomic E-state index is 12.1. The minimum absolute atomic E-state index is 0.289. The molecule has 1 fully saturated rings. The van der Waals surface area contributed by atoms with E-state index >= 15 is 0 Å². The summed E-state index contributed by atoms with van der Waals surface area (Å²) in [7, 11) is 1.92. The SMILES string of the molecule is CN(CCc1ccncc1)C(=O)C1CCCC1.O=C(O)C(=O)O.O=C(O)C(=O)O. The highest BCUT2D eigenvalue weighted by atomic mass is 16.4. The lowest BCUT2D eigenvalue weighted by Gasteiger charge is -2.20. The van der Waals surface area contributed by atoms with Crippen LogP contribution in [0.2, 0.25) is 0 Å². The van der Waals surface area contributed by atoms with Crippen molar-refractivity contribution in [3.63, 3.8) is 0 Å². The van der Waals surface area contributed by atoms with Crippen molar-refractivity contribution in [3.8, 4) is 0 Å². The van der Waals surface area contributed by atoms with Crippen molar-refractivity contribution in [2.75, 3.05) is 13.6 Å². The molecule has 1 heterocycles. The lowest BCUT2D eigenvalue weighted by molar-refractivity contribution is -0.159. The zero-order valence-corrected chi connectivity index (χ0v) is 15.9. The number of hydrogen-bond acceptors (Lipinski definition) is 6. The average Bonchev–Trinajstić information content (AvgIpc) is 3.22. The molecule has 0 spiro atoms. The Balaban J connectivity index is 0.000000542. The minimum Gasteiger partial charge on any atom is -0.473 e. The summed E-state index contributed by atoms with van der Waals surface area (Å²) in [4.78, 5) is 54.4. The zero-order valence-electron chi connectivity index (χ0n) is 15.9. The van der Waals surface area contributed by atoms with Crippen molar-refractivity contribution >= 4 is 29.8 Å². The second-order valence-electron chi connectivity index (χ2n) is 6.07. The topological polar surface area (TPSA) is 182 Å². The Morgan fingerprint density at radius 2 is 1.31 bits per heavy atom. The van der Waals surface area contributed by atoms with Crippen molar-refractivity contribution < 1.29 is 44.4 Å². The molecule has 0 aromatic carbocycles. The molecular formula is C18H24N2O9. The molecule has 0 aliphatic heterocycles. The summed E-state index contributed by atoms with van der Waals surface area (Å²) in [5.41, 5.74) is 1.24. The molecule has 4 N–H and O–H groups in total. The molecule has 1 aromatic rings. The highest BCUT2D eigenvalue weighted by molar-refractivity contribution is 6.27. The van der Waals surface area contributed by atoms with Gasteiger partial charge in [-0.1, -0.05) is 12.8 Å². The van der Waals surface area contributed by atoms with Crippen LogP contribution in [-0.2, 0) is 30.4 Å². The number of likely N-dealkylation sites (N-methyl/N-ethyl adjacent to an activating group) is 1. The Morgan fingerprint density at radius 3 is 1.69 bits per heavy atom. The van der Waals surface area contributed by atoms with Crippen LogP contribution in [0.25, 0.3) is 0 Å².